The Labute approximate surface area is 179 Å². The van der Waals surface area contributed by atoms with Gasteiger partial charge in [0.1, 0.15) is 17.2 Å². The number of alkyl halides is 3. The Morgan fingerprint density at radius 3 is 1.77 bits per heavy atom. The van der Waals surface area contributed by atoms with E-state index in [4.69, 9.17) is 4.74 Å². The Bertz CT molecular complexity index is 955. The average molecular weight is 428 g/mol. The van der Waals surface area contributed by atoms with Crippen LogP contribution < -0.4 is 14.8 Å². The van der Waals surface area contributed by atoms with E-state index >= 15 is 0 Å². The molecule has 1 N–H and O–H groups in total. The number of benzene rings is 3. The van der Waals surface area contributed by atoms with Gasteiger partial charge in [0.25, 0.3) is 0 Å². The van der Waals surface area contributed by atoms with E-state index in [2.05, 4.69) is 15.0 Å². The quantitative estimate of drug-likeness (QED) is 0.572. The highest BCUT2D eigenvalue weighted by Crippen LogP contribution is 2.33. The van der Waals surface area contributed by atoms with Crippen molar-refractivity contribution in [1.29, 1.82) is 0 Å². The van der Waals surface area contributed by atoms with Gasteiger partial charge >= 0.3 is 6.36 Å². The van der Waals surface area contributed by atoms with Crippen LogP contribution in [0.3, 0.4) is 0 Å². The first-order valence-corrected chi connectivity index (χ1v) is 10.1. The number of halogens is 3. The fraction of sp³-hybridized carbons (Fsp3) is 0.250. The van der Waals surface area contributed by atoms with Crippen LogP contribution in [-0.2, 0) is 0 Å². The summed E-state index contributed by atoms with van der Waals surface area (Å²) in [4.78, 5) is 2.32. The Morgan fingerprint density at radius 2 is 1.23 bits per heavy atom. The third-order valence-corrected chi connectivity index (χ3v) is 5.12. The van der Waals surface area contributed by atoms with Crippen molar-refractivity contribution in [3.63, 3.8) is 0 Å². The largest absolute Gasteiger partial charge is 0.573 e. The van der Waals surface area contributed by atoms with Crippen molar-refractivity contribution in [3.05, 3.63) is 90.0 Å². The van der Waals surface area contributed by atoms with Crippen molar-refractivity contribution in [2.75, 3.05) is 26.2 Å². The Morgan fingerprint density at radius 1 is 0.710 bits per heavy atom. The molecule has 1 heterocycles. The van der Waals surface area contributed by atoms with Gasteiger partial charge in [-0.15, -0.1) is 13.2 Å². The van der Waals surface area contributed by atoms with Crippen molar-refractivity contribution in [2.24, 2.45) is 0 Å². The summed E-state index contributed by atoms with van der Waals surface area (Å²) in [6.07, 6.45) is -4.70. The maximum Gasteiger partial charge on any atom is 0.573 e. The van der Waals surface area contributed by atoms with Crippen molar-refractivity contribution < 1.29 is 22.6 Å². The summed E-state index contributed by atoms with van der Waals surface area (Å²) >= 11 is 0. The molecular weight excluding hydrogens is 405 g/mol. The molecule has 1 fully saturated rings. The van der Waals surface area contributed by atoms with Crippen LogP contribution in [0.25, 0.3) is 0 Å². The van der Waals surface area contributed by atoms with Crippen LogP contribution in [0, 0.1) is 0 Å². The highest BCUT2D eigenvalue weighted by atomic mass is 19.4. The molecule has 0 spiro atoms. The molecule has 3 aromatic rings. The fourth-order valence-electron chi connectivity index (χ4n) is 3.75. The van der Waals surface area contributed by atoms with Crippen molar-refractivity contribution in [3.8, 4) is 17.2 Å². The Balaban J connectivity index is 1.58. The molecule has 0 amide bonds. The highest BCUT2D eigenvalue weighted by Gasteiger charge is 2.31. The van der Waals surface area contributed by atoms with Gasteiger partial charge in [0.15, 0.2) is 0 Å². The third-order valence-electron chi connectivity index (χ3n) is 5.12. The van der Waals surface area contributed by atoms with Crippen LogP contribution in [-0.4, -0.2) is 37.4 Å². The second kappa shape index (κ2) is 9.41. The van der Waals surface area contributed by atoms with Crippen molar-refractivity contribution in [2.45, 2.75) is 12.4 Å². The molecule has 31 heavy (non-hydrogen) atoms. The van der Waals surface area contributed by atoms with Gasteiger partial charge in [0.05, 0.1) is 6.04 Å². The fourth-order valence-corrected chi connectivity index (χ4v) is 3.75. The minimum absolute atomic E-state index is 0.0761. The van der Waals surface area contributed by atoms with E-state index in [0.717, 1.165) is 48.8 Å². The monoisotopic (exact) mass is 428 g/mol. The first-order chi connectivity index (χ1) is 15.0. The van der Waals surface area contributed by atoms with Gasteiger partial charge in [-0.05, 0) is 47.5 Å². The summed E-state index contributed by atoms with van der Waals surface area (Å²) in [6.45, 7) is 3.41. The number of para-hydroxylation sites is 1. The molecule has 0 radical (unpaired) electrons. The minimum atomic E-state index is -4.70. The maximum atomic E-state index is 12.5. The molecule has 1 aliphatic rings. The number of nitrogens with one attached hydrogen (secondary N) is 1. The maximum absolute atomic E-state index is 12.5. The van der Waals surface area contributed by atoms with E-state index in [-0.39, 0.29) is 11.8 Å². The van der Waals surface area contributed by atoms with Crippen LogP contribution in [0.15, 0.2) is 78.9 Å². The third kappa shape index (κ3) is 5.77. The van der Waals surface area contributed by atoms with E-state index in [1.54, 1.807) is 12.1 Å². The molecule has 0 aromatic heterocycles. The van der Waals surface area contributed by atoms with Crippen LogP contribution in [0.4, 0.5) is 13.2 Å². The molecule has 0 unspecified atom stereocenters. The SMILES string of the molecule is FC(F)(F)Oc1ccc([C@@H](c2ccc(Oc3ccccc3)cc2)N2CCNCC2)cc1. The van der Waals surface area contributed by atoms with Crippen molar-refractivity contribution >= 4 is 0 Å². The Hall–Kier alpha value is -3.03. The first-order valence-electron chi connectivity index (χ1n) is 10.1. The summed E-state index contributed by atoms with van der Waals surface area (Å²) in [6, 6.07) is 23.4. The summed E-state index contributed by atoms with van der Waals surface area (Å²) in [7, 11) is 0. The zero-order valence-electron chi connectivity index (χ0n) is 16.8. The van der Waals surface area contributed by atoms with Crippen molar-refractivity contribution in [1.82, 2.24) is 10.2 Å². The topological polar surface area (TPSA) is 33.7 Å². The van der Waals surface area contributed by atoms with Gasteiger partial charge in [0, 0.05) is 26.2 Å². The Kier molecular flexibility index (Phi) is 6.44. The number of rotatable bonds is 6. The van der Waals surface area contributed by atoms with E-state index < -0.39 is 6.36 Å². The second-order valence-corrected chi connectivity index (χ2v) is 7.29. The second-order valence-electron chi connectivity index (χ2n) is 7.29. The summed E-state index contributed by atoms with van der Waals surface area (Å²) in [5.41, 5.74) is 1.96. The first kappa shape index (κ1) is 21.2. The number of hydrogen-bond acceptors (Lipinski definition) is 4. The molecule has 162 valence electrons. The molecule has 1 atom stereocenters. The standard InChI is InChI=1S/C24H23F3N2O2/c25-24(26,27)31-22-12-8-19(9-13-22)23(29-16-14-28-15-17-29)18-6-10-21(11-7-18)30-20-4-2-1-3-5-20/h1-13,23,28H,14-17H2/t23-/m1/s1. The summed E-state index contributed by atoms with van der Waals surface area (Å²) in [5.74, 6) is 1.26. The molecule has 4 rings (SSSR count). The lowest BCUT2D eigenvalue weighted by atomic mass is 9.96. The van der Waals surface area contributed by atoms with Gasteiger partial charge in [-0.25, -0.2) is 0 Å². The zero-order chi connectivity index (χ0) is 21.7. The molecule has 0 aliphatic carbocycles. The van der Waals surface area contributed by atoms with Crippen LogP contribution >= 0.6 is 0 Å². The van der Waals surface area contributed by atoms with E-state index in [1.165, 1.54) is 12.1 Å². The zero-order valence-corrected chi connectivity index (χ0v) is 16.8. The number of ether oxygens (including phenoxy) is 2. The molecular formula is C24H23F3N2O2. The number of nitrogens with zero attached hydrogens (tertiary/aromatic N) is 1. The lowest BCUT2D eigenvalue weighted by molar-refractivity contribution is -0.274. The summed E-state index contributed by atoms with van der Waals surface area (Å²) in [5, 5.41) is 3.34. The molecule has 1 aliphatic heterocycles. The van der Waals surface area contributed by atoms with Gasteiger partial charge in [0.2, 0.25) is 0 Å². The van der Waals surface area contributed by atoms with Crippen LogP contribution in [0.5, 0.6) is 17.2 Å². The predicted octanol–water partition coefficient (Wildman–Crippen LogP) is 5.37. The number of hydrogen-bond donors (Lipinski definition) is 1. The molecule has 0 saturated carbocycles. The summed E-state index contributed by atoms with van der Waals surface area (Å²) < 4.78 is 47.4. The van der Waals surface area contributed by atoms with E-state index in [9.17, 15) is 13.2 Å². The van der Waals surface area contributed by atoms with Gasteiger partial charge in [-0.3, -0.25) is 4.90 Å². The van der Waals surface area contributed by atoms with Crippen LogP contribution in [0.2, 0.25) is 0 Å². The molecule has 4 nitrogen and oxygen atoms in total. The molecule has 7 heteroatoms. The lowest BCUT2D eigenvalue weighted by Crippen LogP contribution is -2.45. The number of piperazine rings is 1. The van der Waals surface area contributed by atoms with E-state index in [0.29, 0.717) is 0 Å². The van der Waals surface area contributed by atoms with E-state index in [1.807, 2.05) is 54.6 Å². The van der Waals surface area contributed by atoms with Gasteiger partial charge in [-0.2, -0.15) is 0 Å². The highest BCUT2D eigenvalue weighted by molar-refractivity contribution is 5.39. The minimum Gasteiger partial charge on any atom is -0.457 e. The molecule has 3 aromatic carbocycles. The lowest BCUT2D eigenvalue weighted by Gasteiger charge is -2.35. The van der Waals surface area contributed by atoms with Gasteiger partial charge < -0.3 is 14.8 Å². The smallest absolute Gasteiger partial charge is 0.457 e. The predicted molar refractivity (Wildman–Crippen MR) is 112 cm³/mol. The molecule has 1 saturated heterocycles. The van der Waals surface area contributed by atoms with Gasteiger partial charge in [-0.1, -0.05) is 42.5 Å². The average Bonchev–Trinajstić information content (AvgIpc) is 2.77. The van der Waals surface area contributed by atoms with Crippen LogP contribution in [0.1, 0.15) is 17.2 Å². The normalized spacial score (nSPS) is 16.0. The molecule has 0 bridgehead atoms.